The van der Waals surface area contributed by atoms with Gasteiger partial charge in [0.15, 0.2) is 0 Å². The highest BCUT2D eigenvalue weighted by atomic mass is 16.6. The number of aromatic nitrogens is 2. The minimum absolute atomic E-state index is 0.0726. The van der Waals surface area contributed by atoms with Crippen molar-refractivity contribution in [2.75, 3.05) is 39.3 Å². The number of rotatable bonds is 6. The smallest absolute Gasteiger partial charge is 0.410 e. The van der Waals surface area contributed by atoms with E-state index in [0.29, 0.717) is 25.2 Å². The van der Waals surface area contributed by atoms with E-state index < -0.39 is 5.60 Å². The van der Waals surface area contributed by atoms with Crippen LogP contribution in [0.2, 0.25) is 0 Å². The molecule has 2 saturated heterocycles. The quantitative estimate of drug-likeness (QED) is 0.634. The average Bonchev–Trinajstić information content (AvgIpc) is 3.14. The summed E-state index contributed by atoms with van der Waals surface area (Å²) in [5, 5.41) is 7.78. The first kappa shape index (κ1) is 26.2. The average molecular weight is 496 g/mol. The fourth-order valence-electron chi connectivity index (χ4n) is 5.15. The minimum atomic E-state index is -0.515. The maximum absolute atomic E-state index is 13.3. The zero-order chi connectivity index (χ0) is 25.5. The van der Waals surface area contributed by atoms with Gasteiger partial charge in [0.25, 0.3) is 5.91 Å². The topological polar surface area (TPSA) is 79.7 Å². The summed E-state index contributed by atoms with van der Waals surface area (Å²) in [5.41, 5.74) is 1.98. The molecule has 0 unspecified atom stereocenters. The molecule has 3 heterocycles. The van der Waals surface area contributed by atoms with Gasteiger partial charge >= 0.3 is 6.09 Å². The van der Waals surface area contributed by atoms with E-state index in [9.17, 15) is 9.59 Å². The van der Waals surface area contributed by atoms with Crippen molar-refractivity contribution >= 4 is 12.0 Å². The number of ether oxygens (including phenoxy) is 1. The Morgan fingerprint density at radius 2 is 1.67 bits per heavy atom. The number of nitrogens with one attached hydrogen (secondary N) is 1. The number of amides is 2. The van der Waals surface area contributed by atoms with Crippen molar-refractivity contribution in [3.8, 4) is 5.69 Å². The highest BCUT2D eigenvalue weighted by Crippen LogP contribution is 2.32. The summed E-state index contributed by atoms with van der Waals surface area (Å²) in [5.74, 6) is 0.0503. The molecule has 4 rings (SSSR count). The van der Waals surface area contributed by atoms with E-state index in [-0.39, 0.29) is 17.9 Å². The van der Waals surface area contributed by atoms with Gasteiger partial charge in [-0.15, -0.1) is 0 Å². The van der Waals surface area contributed by atoms with Crippen LogP contribution in [0.4, 0.5) is 4.79 Å². The first-order chi connectivity index (χ1) is 17.3. The molecule has 196 valence electrons. The molecule has 0 atom stereocenters. The molecule has 36 heavy (non-hydrogen) atoms. The van der Waals surface area contributed by atoms with Crippen LogP contribution < -0.4 is 5.32 Å². The Morgan fingerprint density at radius 1 is 1.00 bits per heavy atom. The van der Waals surface area contributed by atoms with Gasteiger partial charge in [-0.2, -0.15) is 5.10 Å². The van der Waals surface area contributed by atoms with Crippen LogP contribution in [0.5, 0.6) is 0 Å². The maximum atomic E-state index is 13.3. The Hall–Kier alpha value is -2.87. The molecule has 8 nitrogen and oxygen atoms in total. The molecule has 8 heteroatoms. The zero-order valence-corrected chi connectivity index (χ0v) is 22.0. The van der Waals surface area contributed by atoms with Crippen molar-refractivity contribution in [3.63, 3.8) is 0 Å². The van der Waals surface area contributed by atoms with Crippen molar-refractivity contribution in [1.29, 1.82) is 0 Å². The lowest BCUT2D eigenvalue weighted by Gasteiger charge is -2.34. The van der Waals surface area contributed by atoms with Crippen LogP contribution in [0.3, 0.4) is 0 Å². The molecule has 2 fully saturated rings. The third-order valence-electron chi connectivity index (χ3n) is 7.00. The van der Waals surface area contributed by atoms with E-state index in [1.165, 1.54) is 25.7 Å². The SMILES string of the molecule is CC(C)(C)OC(=O)N1CCC(c2c(C(=O)NCCN3CCCCCC3)cnn2-c2ccccc2)CC1. The van der Waals surface area contributed by atoms with E-state index in [1.54, 1.807) is 11.1 Å². The number of carbonyl (C=O) groups excluding carboxylic acids is 2. The van der Waals surface area contributed by atoms with Crippen molar-refractivity contribution in [2.45, 2.75) is 70.8 Å². The lowest BCUT2D eigenvalue weighted by atomic mass is 9.91. The van der Waals surface area contributed by atoms with E-state index in [1.807, 2.05) is 55.8 Å². The van der Waals surface area contributed by atoms with E-state index in [0.717, 1.165) is 43.9 Å². The molecule has 0 bridgehead atoms. The number of hydrogen-bond donors (Lipinski definition) is 1. The highest BCUT2D eigenvalue weighted by molar-refractivity contribution is 5.95. The monoisotopic (exact) mass is 495 g/mol. The van der Waals surface area contributed by atoms with Gasteiger partial charge in [0, 0.05) is 32.1 Å². The number of nitrogens with zero attached hydrogens (tertiary/aromatic N) is 4. The molecule has 2 amide bonds. The maximum Gasteiger partial charge on any atom is 0.410 e. The van der Waals surface area contributed by atoms with E-state index >= 15 is 0 Å². The third kappa shape index (κ3) is 6.87. The van der Waals surface area contributed by atoms with Gasteiger partial charge in [0.1, 0.15) is 5.60 Å². The van der Waals surface area contributed by atoms with Crippen LogP contribution in [-0.2, 0) is 4.74 Å². The Bertz CT molecular complexity index is 998. The molecule has 1 N–H and O–H groups in total. The number of para-hydroxylation sites is 1. The third-order valence-corrected chi connectivity index (χ3v) is 7.00. The molecule has 0 spiro atoms. The number of benzene rings is 1. The Kier molecular flexibility index (Phi) is 8.67. The van der Waals surface area contributed by atoms with Crippen LogP contribution in [0, 0.1) is 0 Å². The second-order valence-corrected chi connectivity index (χ2v) is 10.9. The molecule has 2 aromatic rings. The summed E-state index contributed by atoms with van der Waals surface area (Å²) < 4.78 is 7.46. The van der Waals surface area contributed by atoms with E-state index in [4.69, 9.17) is 4.74 Å². The first-order valence-electron chi connectivity index (χ1n) is 13.4. The van der Waals surface area contributed by atoms with Crippen LogP contribution in [0.15, 0.2) is 36.5 Å². The normalized spacial score (nSPS) is 18.0. The van der Waals surface area contributed by atoms with Gasteiger partial charge in [-0.1, -0.05) is 31.0 Å². The summed E-state index contributed by atoms with van der Waals surface area (Å²) in [7, 11) is 0. The number of hydrogen-bond acceptors (Lipinski definition) is 5. The predicted molar refractivity (Wildman–Crippen MR) is 141 cm³/mol. The lowest BCUT2D eigenvalue weighted by molar-refractivity contribution is 0.0203. The van der Waals surface area contributed by atoms with Gasteiger partial charge in [-0.25, -0.2) is 9.48 Å². The van der Waals surface area contributed by atoms with Gasteiger partial charge < -0.3 is 19.9 Å². The fraction of sp³-hybridized carbons (Fsp3) is 0.607. The molecule has 0 aliphatic carbocycles. The molecule has 0 radical (unpaired) electrons. The van der Waals surface area contributed by atoms with Crippen LogP contribution in [-0.4, -0.2) is 76.5 Å². The zero-order valence-electron chi connectivity index (χ0n) is 22.0. The van der Waals surface area contributed by atoms with Crippen molar-refractivity contribution < 1.29 is 14.3 Å². The van der Waals surface area contributed by atoms with Gasteiger partial charge in [-0.05, 0) is 71.7 Å². The van der Waals surface area contributed by atoms with Crippen molar-refractivity contribution in [2.24, 2.45) is 0 Å². The Morgan fingerprint density at radius 3 is 2.31 bits per heavy atom. The number of carbonyl (C=O) groups is 2. The van der Waals surface area contributed by atoms with Gasteiger partial charge in [-0.3, -0.25) is 4.79 Å². The van der Waals surface area contributed by atoms with E-state index in [2.05, 4.69) is 15.3 Å². The lowest BCUT2D eigenvalue weighted by Crippen LogP contribution is -2.41. The molecule has 0 saturated carbocycles. The minimum Gasteiger partial charge on any atom is -0.444 e. The van der Waals surface area contributed by atoms with Gasteiger partial charge in [0.05, 0.1) is 23.1 Å². The van der Waals surface area contributed by atoms with Crippen molar-refractivity contribution in [3.05, 3.63) is 47.8 Å². The summed E-state index contributed by atoms with van der Waals surface area (Å²) in [6.07, 6.45) is 8.02. The van der Waals surface area contributed by atoms with Crippen molar-refractivity contribution in [1.82, 2.24) is 24.9 Å². The number of piperidine rings is 1. The van der Waals surface area contributed by atoms with Crippen LogP contribution in [0.1, 0.15) is 81.3 Å². The first-order valence-corrected chi connectivity index (χ1v) is 13.4. The molecular formula is C28H41N5O3. The molecule has 1 aromatic heterocycles. The predicted octanol–water partition coefficient (Wildman–Crippen LogP) is 4.59. The van der Waals surface area contributed by atoms with Gasteiger partial charge in [0.2, 0.25) is 0 Å². The van der Waals surface area contributed by atoms with Crippen LogP contribution >= 0.6 is 0 Å². The fourth-order valence-corrected chi connectivity index (χ4v) is 5.15. The summed E-state index contributed by atoms with van der Waals surface area (Å²) in [6.45, 7) is 10.6. The molecule has 2 aliphatic rings. The standard InChI is InChI=1S/C28H41N5O3/c1-28(2,3)36-27(35)32-18-13-22(14-19-32)25-24(21-30-33(25)23-11-7-6-8-12-23)26(34)29-15-20-31-16-9-4-5-10-17-31/h6-8,11-12,21-22H,4-5,9-10,13-20H2,1-3H3,(H,29,34). The molecule has 1 aromatic carbocycles. The number of likely N-dealkylation sites (tertiary alicyclic amines) is 2. The largest absolute Gasteiger partial charge is 0.444 e. The summed E-state index contributed by atoms with van der Waals surface area (Å²) >= 11 is 0. The Labute approximate surface area is 215 Å². The highest BCUT2D eigenvalue weighted by Gasteiger charge is 2.32. The second kappa shape index (κ2) is 11.9. The van der Waals surface area contributed by atoms with Crippen LogP contribution in [0.25, 0.3) is 5.69 Å². The molecular weight excluding hydrogens is 454 g/mol. The Balaban J connectivity index is 1.46. The summed E-state index contributed by atoms with van der Waals surface area (Å²) in [4.78, 5) is 30.1. The summed E-state index contributed by atoms with van der Waals surface area (Å²) in [6, 6.07) is 9.95. The second-order valence-electron chi connectivity index (χ2n) is 10.9. The molecule has 2 aliphatic heterocycles.